The standard InChI is InChI=1S/C27H27N3O3/c1-18-6-3-4-8-22(18)19-9-11-20(12-10-19)26-23-15-29(27(32)21-7-5-13-28-14-21)16-25(31)30(23)24(26)17-33-2/h3-14,23-24,26H,15-17H2,1-2H3/t23-,24-,26+/m0/s1. The van der Waals surface area contributed by atoms with Crippen molar-refractivity contribution in [3.8, 4) is 11.1 Å². The Morgan fingerprint density at radius 2 is 1.88 bits per heavy atom. The highest BCUT2D eigenvalue weighted by Crippen LogP contribution is 2.43. The summed E-state index contributed by atoms with van der Waals surface area (Å²) in [6, 6.07) is 20.3. The van der Waals surface area contributed by atoms with E-state index in [4.69, 9.17) is 4.74 Å². The van der Waals surface area contributed by atoms with Gasteiger partial charge in [-0.1, -0.05) is 48.5 Å². The number of rotatable bonds is 5. The van der Waals surface area contributed by atoms with Crippen LogP contribution in [0, 0.1) is 6.92 Å². The topological polar surface area (TPSA) is 62.7 Å². The summed E-state index contributed by atoms with van der Waals surface area (Å²) in [6.07, 6.45) is 3.19. The van der Waals surface area contributed by atoms with Gasteiger partial charge in [-0.25, -0.2) is 0 Å². The van der Waals surface area contributed by atoms with Crippen molar-refractivity contribution >= 4 is 11.8 Å². The molecule has 1 aromatic heterocycles. The Morgan fingerprint density at radius 3 is 2.58 bits per heavy atom. The quantitative estimate of drug-likeness (QED) is 0.608. The molecule has 33 heavy (non-hydrogen) atoms. The Balaban J connectivity index is 1.41. The molecule has 2 aliphatic rings. The SMILES string of the molecule is COC[C@H]1[C@H](c2ccc(-c3ccccc3C)cc2)[C@@H]2CN(C(=O)c3cccnc3)CC(=O)N12. The summed E-state index contributed by atoms with van der Waals surface area (Å²) in [6.45, 7) is 3.18. The van der Waals surface area contributed by atoms with Gasteiger partial charge in [-0.2, -0.15) is 0 Å². The third-order valence-corrected chi connectivity index (χ3v) is 6.85. The van der Waals surface area contributed by atoms with Gasteiger partial charge in [0.25, 0.3) is 5.91 Å². The van der Waals surface area contributed by atoms with Crippen molar-refractivity contribution in [2.24, 2.45) is 0 Å². The molecule has 0 radical (unpaired) electrons. The van der Waals surface area contributed by atoms with Crippen LogP contribution in [0.4, 0.5) is 0 Å². The minimum absolute atomic E-state index is 0.0209. The highest BCUT2D eigenvalue weighted by atomic mass is 16.5. The summed E-state index contributed by atoms with van der Waals surface area (Å²) >= 11 is 0. The predicted molar refractivity (Wildman–Crippen MR) is 126 cm³/mol. The van der Waals surface area contributed by atoms with Crippen LogP contribution in [0.25, 0.3) is 11.1 Å². The molecule has 0 bridgehead atoms. The van der Waals surface area contributed by atoms with Crippen molar-refractivity contribution in [1.82, 2.24) is 14.8 Å². The van der Waals surface area contributed by atoms with Gasteiger partial charge in [0.15, 0.2) is 0 Å². The summed E-state index contributed by atoms with van der Waals surface area (Å²) in [5, 5.41) is 0. The molecule has 2 aromatic carbocycles. The van der Waals surface area contributed by atoms with Gasteiger partial charge in [0, 0.05) is 32.0 Å². The smallest absolute Gasteiger partial charge is 0.255 e. The number of hydrogen-bond donors (Lipinski definition) is 0. The van der Waals surface area contributed by atoms with E-state index in [1.807, 2.05) is 11.0 Å². The molecule has 168 valence electrons. The van der Waals surface area contributed by atoms with Crippen LogP contribution < -0.4 is 0 Å². The van der Waals surface area contributed by atoms with E-state index in [2.05, 4.69) is 54.4 Å². The molecule has 2 saturated heterocycles. The number of amides is 2. The maximum Gasteiger partial charge on any atom is 0.255 e. The maximum absolute atomic E-state index is 13.0. The average Bonchev–Trinajstić information content (AvgIpc) is 2.83. The number of benzene rings is 2. The Bertz CT molecular complexity index is 1160. The fourth-order valence-corrected chi connectivity index (χ4v) is 5.26. The van der Waals surface area contributed by atoms with Crippen molar-refractivity contribution in [3.63, 3.8) is 0 Å². The highest BCUT2D eigenvalue weighted by molar-refractivity contribution is 5.97. The number of ether oxygens (including phenoxy) is 1. The Hall–Kier alpha value is -3.51. The second-order valence-corrected chi connectivity index (χ2v) is 8.78. The van der Waals surface area contributed by atoms with Crippen molar-refractivity contribution in [3.05, 3.63) is 89.7 Å². The third-order valence-electron chi connectivity index (χ3n) is 6.85. The Kier molecular flexibility index (Phi) is 5.68. The zero-order valence-electron chi connectivity index (χ0n) is 18.8. The van der Waals surface area contributed by atoms with Gasteiger partial charge in [0.1, 0.15) is 6.54 Å². The van der Waals surface area contributed by atoms with Gasteiger partial charge < -0.3 is 14.5 Å². The molecule has 0 spiro atoms. The van der Waals surface area contributed by atoms with E-state index in [1.165, 1.54) is 22.3 Å². The summed E-state index contributed by atoms with van der Waals surface area (Å²) < 4.78 is 5.46. The summed E-state index contributed by atoms with van der Waals surface area (Å²) in [4.78, 5) is 33.6. The summed E-state index contributed by atoms with van der Waals surface area (Å²) in [5.74, 6) is -0.0671. The van der Waals surface area contributed by atoms with E-state index < -0.39 is 0 Å². The molecule has 3 atom stereocenters. The molecule has 3 heterocycles. The second-order valence-electron chi connectivity index (χ2n) is 8.78. The van der Waals surface area contributed by atoms with Crippen molar-refractivity contribution < 1.29 is 14.3 Å². The van der Waals surface area contributed by atoms with Crippen molar-refractivity contribution in [2.45, 2.75) is 24.9 Å². The first-order valence-corrected chi connectivity index (χ1v) is 11.2. The number of piperazine rings is 1. The van der Waals surface area contributed by atoms with Crippen LogP contribution >= 0.6 is 0 Å². The van der Waals surface area contributed by atoms with Crippen LogP contribution in [0.3, 0.4) is 0 Å². The normalized spacial score (nSPS) is 22.0. The average molecular weight is 442 g/mol. The lowest BCUT2D eigenvalue weighted by molar-refractivity contribution is -0.160. The number of methoxy groups -OCH3 is 1. The van der Waals surface area contributed by atoms with Gasteiger partial charge >= 0.3 is 0 Å². The lowest BCUT2D eigenvalue weighted by atomic mass is 9.73. The molecule has 0 unspecified atom stereocenters. The molecule has 2 aliphatic heterocycles. The van der Waals surface area contributed by atoms with E-state index >= 15 is 0 Å². The van der Waals surface area contributed by atoms with Gasteiger partial charge in [-0.15, -0.1) is 0 Å². The molecular weight excluding hydrogens is 414 g/mol. The monoisotopic (exact) mass is 441 g/mol. The summed E-state index contributed by atoms with van der Waals surface area (Å²) in [7, 11) is 1.67. The number of aromatic nitrogens is 1. The van der Waals surface area contributed by atoms with E-state index in [-0.39, 0.29) is 36.4 Å². The number of fused-ring (bicyclic) bond motifs is 1. The second kappa shape index (κ2) is 8.79. The minimum atomic E-state index is -0.153. The Labute approximate surface area is 193 Å². The number of carbonyl (C=O) groups is 2. The van der Waals surface area contributed by atoms with Crippen LogP contribution in [0.5, 0.6) is 0 Å². The number of pyridine rings is 1. The van der Waals surface area contributed by atoms with Crippen LogP contribution in [-0.4, -0.2) is 65.5 Å². The van der Waals surface area contributed by atoms with Gasteiger partial charge in [-0.05, 0) is 41.3 Å². The number of carbonyl (C=O) groups excluding carboxylic acids is 2. The molecule has 0 aliphatic carbocycles. The lowest BCUT2D eigenvalue weighted by Crippen LogP contribution is -2.73. The molecule has 2 amide bonds. The zero-order chi connectivity index (χ0) is 22.9. The molecule has 3 aromatic rings. The first-order chi connectivity index (χ1) is 16.1. The van der Waals surface area contributed by atoms with E-state index in [0.717, 1.165) is 0 Å². The molecular formula is C27H27N3O3. The minimum Gasteiger partial charge on any atom is -0.383 e. The summed E-state index contributed by atoms with van der Waals surface area (Å²) in [5.41, 5.74) is 5.29. The molecule has 0 N–H and O–H groups in total. The van der Waals surface area contributed by atoms with Gasteiger partial charge in [-0.3, -0.25) is 14.6 Å². The Morgan fingerprint density at radius 1 is 1.09 bits per heavy atom. The molecule has 6 heteroatoms. The maximum atomic E-state index is 13.0. The number of hydrogen-bond acceptors (Lipinski definition) is 4. The van der Waals surface area contributed by atoms with Crippen LogP contribution in [0.1, 0.15) is 27.4 Å². The first kappa shape index (κ1) is 21.3. The van der Waals surface area contributed by atoms with Crippen LogP contribution in [0.15, 0.2) is 73.1 Å². The third kappa shape index (κ3) is 3.80. The largest absolute Gasteiger partial charge is 0.383 e. The molecule has 5 rings (SSSR count). The van der Waals surface area contributed by atoms with E-state index in [1.54, 1.807) is 36.5 Å². The number of nitrogens with zero attached hydrogens (tertiary/aromatic N) is 3. The fourth-order valence-electron chi connectivity index (χ4n) is 5.26. The molecule has 0 saturated carbocycles. The van der Waals surface area contributed by atoms with E-state index in [0.29, 0.717) is 18.7 Å². The van der Waals surface area contributed by atoms with Gasteiger partial charge in [0.05, 0.1) is 24.3 Å². The van der Waals surface area contributed by atoms with Crippen molar-refractivity contribution in [1.29, 1.82) is 0 Å². The predicted octanol–water partition coefficient (Wildman–Crippen LogP) is 3.52. The number of aryl methyl sites for hydroxylation is 1. The fraction of sp³-hybridized carbons (Fsp3) is 0.296. The zero-order valence-corrected chi connectivity index (χ0v) is 18.8. The van der Waals surface area contributed by atoms with Crippen LogP contribution in [-0.2, 0) is 9.53 Å². The van der Waals surface area contributed by atoms with Crippen LogP contribution in [0.2, 0.25) is 0 Å². The highest BCUT2D eigenvalue weighted by Gasteiger charge is 2.54. The first-order valence-electron chi connectivity index (χ1n) is 11.2. The molecule has 2 fully saturated rings. The molecule has 6 nitrogen and oxygen atoms in total. The van der Waals surface area contributed by atoms with E-state index in [9.17, 15) is 9.59 Å². The van der Waals surface area contributed by atoms with Crippen molar-refractivity contribution in [2.75, 3.05) is 26.8 Å². The van der Waals surface area contributed by atoms with Gasteiger partial charge in [0.2, 0.25) is 5.91 Å². The lowest BCUT2D eigenvalue weighted by Gasteiger charge is -2.59.